The molecule has 1 saturated heterocycles. The number of alkyl halides is 3. The van der Waals surface area contributed by atoms with Crippen molar-refractivity contribution in [1.82, 2.24) is 10.2 Å². The van der Waals surface area contributed by atoms with Gasteiger partial charge in [0.05, 0.1) is 12.1 Å². The molecule has 1 aliphatic rings. The van der Waals surface area contributed by atoms with E-state index in [2.05, 4.69) is 5.32 Å². The average Bonchev–Trinajstić information content (AvgIpc) is 2.65. The average molecular weight is 314 g/mol. The second-order valence-electron chi connectivity index (χ2n) is 5.75. The van der Waals surface area contributed by atoms with E-state index in [4.69, 9.17) is 0 Å². The first kappa shape index (κ1) is 16.3. The van der Waals surface area contributed by atoms with Crippen LogP contribution in [0.25, 0.3) is 0 Å². The zero-order chi connectivity index (χ0) is 16.5. The highest BCUT2D eigenvalue weighted by Gasteiger charge is 2.38. The lowest BCUT2D eigenvalue weighted by Crippen LogP contribution is -2.31. The number of hydrogen-bond acceptors (Lipinski definition) is 2. The predicted octanol–water partition coefficient (Wildman–Crippen LogP) is 3.17. The lowest BCUT2D eigenvalue weighted by Gasteiger charge is -2.15. The second-order valence-corrected chi connectivity index (χ2v) is 5.75. The normalized spacial score (nSPS) is 19.0. The molecule has 1 N–H and O–H groups in total. The van der Waals surface area contributed by atoms with Gasteiger partial charge in [-0.05, 0) is 30.0 Å². The summed E-state index contributed by atoms with van der Waals surface area (Å²) in [6, 6.07) is 3.48. The minimum atomic E-state index is -4.45. The van der Waals surface area contributed by atoms with Crippen LogP contribution in [0, 0.1) is 5.92 Å². The lowest BCUT2D eigenvalue weighted by molar-refractivity contribution is -0.137. The van der Waals surface area contributed by atoms with Crippen molar-refractivity contribution >= 4 is 11.9 Å². The second kappa shape index (κ2) is 5.98. The van der Waals surface area contributed by atoms with E-state index in [1.165, 1.54) is 12.1 Å². The van der Waals surface area contributed by atoms with Crippen molar-refractivity contribution in [2.24, 2.45) is 5.92 Å². The molecule has 0 aromatic heterocycles. The first-order chi connectivity index (χ1) is 10.2. The minimum Gasteiger partial charge on any atom is -0.326 e. The van der Waals surface area contributed by atoms with Crippen molar-refractivity contribution in [2.45, 2.75) is 39.0 Å². The number of imide groups is 1. The van der Waals surface area contributed by atoms with Gasteiger partial charge in [-0.2, -0.15) is 13.2 Å². The third-order valence-electron chi connectivity index (χ3n) is 3.41. The first-order valence-corrected chi connectivity index (χ1v) is 6.96. The molecule has 2 rings (SSSR count). The van der Waals surface area contributed by atoms with Gasteiger partial charge in [0.15, 0.2) is 0 Å². The number of urea groups is 1. The van der Waals surface area contributed by atoms with Gasteiger partial charge in [0.1, 0.15) is 6.04 Å². The summed E-state index contributed by atoms with van der Waals surface area (Å²) in [6.45, 7) is 3.69. The third-order valence-corrected chi connectivity index (χ3v) is 3.41. The third kappa shape index (κ3) is 3.58. The first-order valence-electron chi connectivity index (χ1n) is 6.96. The summed E-state index contributed by atoms with van der Waals surface area (Å²) in [6.07, 6.45) is -3.95. The van der Waals surface area contributed by atoms with Gasteiger partial charge in [-0.3, -0.25) is 9.69 Å². The Labute approximate surface area is 126 Å². The number of rotatable bonds is 4. The van der Waals surface area contributed by atoms with Crippen molar-refractivity contribution in [1.29, 1.82) is 0 Å². The maximum atomic E-state index is 12.7. The fourth-order valence-electron chi connectivity index (χ4n) is 2.39. The van der Waals surface area contributed by atoms with Crippen LogP contribution in [0.15, 0.2) is 24.3 Å². The molecule has 0 unspecified atom stereocenters. The molecule has 0 bridgehead atoms. The van der Waals surface area contributed by atoms with Gasteiger partial charge in [-0.25, -0.2) is 4.79 Å². The van der Waals surface area contributed by atoms with E-state index in [0.717, 1.165) is 17.0 Å². The van der Waals surface area contributed by atoms with Crippen molar-refractivity contribution in [3.8, 4) is 0 Å². The number of hydrogen-bond donors (Lipinski definition) is 1. The fourth-order valence-corrected chi connectivity index (χ4v) is 2.39. The van der Waals surface area contributed by atoms with Crippen LogP contribution in [-0.2, 0) is 17.5 Å². The molecule has 1 fully saturated rings. The van der Waals surface area contributed by atoms with Crippen LogP contribution < -0.4 is 5.32 Å². The van der Waals surface area contributed by atoms with Gasteiger partial charge >= 0.3 is 12.2 Å². The standard InChI is InChI=1S/C15H17F3N2O2/c1-9(2)6-12-13(21)20(14(22)19-12)8-10-4-3-5-11(7-10)15(16,17)18/h3-5,7,9,12H,6,8H2,1-2H3,(H,19,22)/t12-/m1/s1. The van der Waals surface area contributed by atoms with E-state index in [1.807, 2.05) is 13.8 Å². The molecular formula is C15H17F3N2O2. The zero-order valence-corrected chi connectivity index (χ0v) is 12.3. The van der Waals surface area contributed by atoms with E-state index in [9.17, 15) is 22.8 Å². The number of benzene rings is 1. The van der Waals surface area contributed by atoms with Gasteiger partial charge in [0.25, 0.3) is 5.91 Å². The molecule has 1 aliphatic heterocycles. The summed E-state index contributed by atoms with van der Waals surface area (Å²) in [5, 5.41) is 2.57. The molecule has 1 atom stereocenters. The summed E-state index contributed by atoms with van der Waals surface area (Å²) in [5.74, 6) is -0.168. The molecule has 0 saturated carbocycles. The van der Waals surface area contributed by atoms with Crippen LogP contribution in [0.1, 0.15) is 31.4 Å². The van der Waals surface area contributed by atoms with Gasteiger partial charge in [-0.1, -0.05) is 26.0 Å². The summed E-state index contributed by atoms with van der Waals surface area (Å²) in [5.41, 5.74) is -0.528. The molecule has 0 spiro atoms. The number of carbonyl (C=O) groups is 2. The number of nitrogens with one attached hydrogen (secondary N) is 1. The van der Waals surface area contributed by atoms with Gasteiger partial charge < -0.3 is 5.32 Å². The molecule has 1 heterocycles. The molecule has 7 heteroatoms. The monoisotopic (exact) mass is 314 g/mol. The minimum absolute atomic E-state index is 0.164. The zero-order valence-electron chi connectivity index (χ0n) is 12.3. The van der Waals surface area contributed by atoms with Gasteiger partial charge in [0, 0.05) is 0 Å². The van der Waals surface area contributed by atoms with Crippen molar-refractivity contribution in [3.63, 3.8) is 0 Å². The Kier molecular flexibility index (Phi) is 4.44. The van der Waals surface area contributed by atoms with Crippen molar-refractivity contribution in [2.75, 3.05) is 0 Å². The molecular weight excluding hydrogens is 297 g/mol. The summed E-state index contributed by atoms with van der Waals surface area (Å²) in [7, 11) is 0. The maximum Gasteiger partial charge on any atom is 0.416 e. The van der Waals surface area contributed by atoms with Crippen LogP contribution in [0.2, 0.25) is 0 Å². The Morgan fingerprint density at radius 2 is 1.95 bits per heavy atom. The van der Waals surface area contributed by atoms with E-state index < -0.39 is 29.7 Å². The molecule has 120 valence electrons. The maximum absolute atomic E-state index is 12.7. The smallest absolute Gasteiger partial charge is 0.326 e. The molecule has 0 radical (unpaired) electrons. The number of nitrogens with zero attached hydrogens (tertiary/aromatic N) is 1. The number of amides is 3. The van der Waals surface area contributed by atoms with Gasteiger partial charge in [-0.15, -0.1) is 0 Å². The highest BCUT2D eigenvalue weighted by Crippen LogP contribution is 2.30. The molecule has 4 nitrogen and oxygen atoms in total. The largest absolute Gasteiger partial charge is 0.416 e. The van der Waals surface area contributed by atoms with Crippen LogP contribution in [0.3, 0.4) is 0 Å². The van der Waals surface area contributed by atoms with Crippen LogP contribution in [-0.4, -0.2) is 22.9 Å². The van der Waals surface area contributed by atoms with Crippen molar-refractivity contribution in [3.05, 3.63) is 35.4 Å². The highest BCUT2D eigenvalue weighted by molar-refractivity contribution is 6.04. The van der Waals surface area contributed by atoms with Crippen LogP contribution in [0.4, 0.5) is 18.0 Å². The Hall–Kier alpha value is -2.05. The SMILES string of the molecule is CC(C)C[C@H]1NC(=O)N(Cc2cccc(C(F)(F)F)c2)C1=O. The molecule has 0 aliphatic carbocycles. The van der Waals surface area contributed by atoms with E-state index in [1.54, 1.807) is 0 Å². The number of halogens is 3. The Morgan fingerprint density at radius 1 is 1.27 bits per heavy atom. The predicted molar refractivity (Wildman–Crippen MR) is 73.8 cm³/mol. The quantitative estimate of drug-likeness (QED) is 0.868. The Balaban J connectivity index is 2.14. The molecule has 1 aromatic rings. The molecule has 1 aromatic carbocycles. The topological polar surface area (TPSA) is 49.4 Å². The Bertz CT molecular complexity index is 584. The molecule has 22 heavy (non-hydrogen) atoms. The molecule has 3 amide bonds. The van der Waals surface area contributed by atoms with Crippen LogP contribution in [0.5, 0.6) is 0 Å². The summed E-state index contributed by atoms with van der Waals surface area (Å²) in [4.78, 5) is 25.0. The summed E-state index contributed by atoms with van der Waals surface area (Å²) >= 11 is 0. The highest BCUT2D eigenvalue weighted by atomic mass is 19.4. The van der Waals surface area contributed by atoms with E-state index in [-0.39, 0.29) is 18.0 Å². The van der Waals surface area contributed by atoms with Gasteiger partial charge in [0.2, 0.25) is 0 Å². The van der Waals surface area contributed by atoms with E-state index >= 15 is 0 Å². The Morgan fingerprint density at radius 3 is 2.55 bits per heavy atom. The van der Waals surface area contributed by atoms with Crippen molar-refractivity contribution < 1.29 is 22.8 Å². The lowest BCUT2D eigenvalue weighted by atomic mass is 10.0. The number of carbonyl (C=O) groups excluding carboxylic acids is 2. The van der Waals surface area contributed by atoms with E-state index in [0.29, 0.717) is 6.42 Å². The van der Waals surface area contributed by atoms with Crippen LogP contribution >= 0.6 is 0 Å². The fraction of sp³-hybridized carbons (Fsp3) is 0.467. The summed E-state index contributed by atoms with van der Waals surface area (Å²) < 4.78 is 38.0.